The van der Waals surface area contributed by atoms with E-state index in [-0.39, 0.29) is 38.5 Å². The second-order valence-corrected chi connectivity index (χ2v) is 7.49. The molecule has 0 aromatic heterocycles. The second-order valence-electron chi connectivity index (χ2n) is 7.49. The Morgan fingerprint density at radius 1 is 1.15 bits per heavy atom. The van der Waals surface area contributed by atoms with Crippen molar-refractivity contribution in [3.63, 3.8) is 0 Å². The summed E-state index contributed by atoms with van der Waals surface area (Å²) in [7, 11) is 0. The first kappa shape index (κ1) is 21.0. The molecule has 4 heteroatoms. The van der Waals surface area contributed by atoms with Gasteiger partial charge in [0.2, 0.25) is 0 Å². The molecule has 1 fully saturated rings. The molecular formula is C23H27FN2Y-2. The SMILES string of the molecule is Fc1cc[c-]cc1.[CH2-]CCN1CC[C@H]2[C@@H](C1)c1cccc3c1N2CCC3.[Y]. The van der Waals surface area contributed by atoms with E-state index in [1.807, 2.05) is 0 Å². The minimum absolute atomic E-state index is 0. The summed E-state index contributed by atoms with van der Waals surface area (Å²) in [5.74, 6) is 0.534. The van der Waals surface area contributed by atoms with Crippen LogP contribution in [0.4, 0.5) is 10.1 Å². The number of benzene rings is 2. The van der Waals surface area contributed by atoms with Crippen LogP contribution in [0.1, 0.15) is 36.3 Å². The molecule has 5 rings (SSSR count). The number of hydrogen-bond donors (Lipinski definition) is 0. The van der Waals surface area contributed by atoms with E-state index in [4.69, 9.17) is 0 Å². The Morgan fingerprint density at radius 2 is 1.96 bits per heavy atom. The van der Waals surface area contributed by atoms with Crippen molar-refractivity contribution in [2.75, 3.05) is 31.1 Å². The molecule has 0 aliphatic carbocycles. The molecule has 0 unspecified atom stereocenters. The molecule has 0 N–H and O–H groups in total. The van der Waals surface area contributed by atoms with Crippen molar-refractivity contribution in [2.45, 2.75) is 37.6 Å². The molecule has 2 nitrogen and oxygen atoms in total. The molecule has 141 valence electrons. The Bertz CT molecular complexity index is 736. The van der Waals surface area contributed by atoms with Gasteiger partial charge in [0.1, 0.15) is 0 Å². The van der Waals surface area contributed by atoms with Crippen molar-refractivity contribution in [2.24, 2.45) is 0 Å². The minimum Gasteiger partial charge on any atom is -0.367 e. The van der Waals surface area contributed by atoms with E-state index in [2.05, 4.69) is 41.0 Å². The second kappa shape index (κ2) is 9.63. The summed E-state index contributed by atoms with van der Waals surface area (Å²) in [5.41, 5.74) is 4.85. The zero-order valence-corrected chi connectivity index (χ0v) is 18.7. The van der Waals surface area contributed by atoms with Crippen LogP contribution in [0, 0.1) is 18.8 Å². The Morgan fingerprint density at radius 3 is 2.67 bits per heavy atom. The molecule has 1 radical (unpaired) electrons. The molecular weight excluding hydrogens is 412 g/mol. The maximum atomic E-state index is 11.9. The van der Waals surface area contributed by atoms with Crippen molar-refractivity contribution in [3.8, 4) is 0 Å². The number of rotatable bonds is 2. The monoisotopic (exact) mass is 439 g/mol. The average molecular weight is 439 g/mol. The summed E-state index contributed by atoms with van der Waals surface area (Å²) in [6.07, 6.45) is 4.98. The van der Waals surface area contributed by atoms with Crippen molar-refractivity contribution in [1.82, 2.24) is 4.90 Å². The molecule has 3 aliphatic rings. The standard InChI is InChI=1S/C17H23N2.C6H4F.Y/c1-2-9-18-11-8-16-15(12-18)14-7-3-5-13-6-4-10-19(16)17(13)14;7-6-4-2-1-3-5-6;/h3,5,7,15-16H,1-2,4,6,8-12H2;2-5H;/q2*-1;/t15-,16-;;/m0../s1. The molecule has 3 heterocycles. The summed E-state index contributed by atoms with van der Waals surface area (Å²) in [4.78, 5) is 5.35. The van der Waals surface area contributed by atoms with Gasteiger partial charge >= 0.3 is 0 Å². The van der Waals surface area contributed by atoms with Crippen molar-refractivity contribution >= 4 is 5.69 Å². The predicted molar refractivity (Wildman–Crippen MR) is 105 cm³/mol. The maximum absolute atomic E-state index is 11.9. The molecule has 0 spiro atoms. The van der Waals surface area contributed by atoms with E-state index in [0.29, 0.717) is 0 Å². The third-order valence-corrected chi connectivity index (χ3v) is 5.90. The Balaban J connectivity index is 0.000000225. The number of hydrogen-bond acceptors (Lipinski definition) is 2. The number of halogens is 1. The van der Waals surface area contributed by atoms with Crippen molar-refractivity contribution in [3.05, 3.63) is 72.4 Å². The smallest absolute Gasteiger partial charge is 0.0438 e. The fraction of sp³-hybridized carbons (Fsp3) is 0.435. The van der Waals surface area contributed by atoms with Gasteiger partial charge in [-0.25, -0.2) is 4.39 Å². The van der Waals surface area contributed by atoms with E-state index in [1.165, 1.54) is 63.2 Å². The third kappa shape index (κ3) is 4.46. The number of aryl methyl sites for hydroxylation is 1. The number of likely N-dealkylation sites (tertiary alicyclic amines) is 1. The van der Waals surface area contributed by atoms with Crippen LogP contribution >= 0.6 is 0 Å². The van der Waals surface area contributed by atoms with Crippen LogP contribution in [0.25, 0.3) is 0 Å². The Kier molecular flexibility index (Phi) is 7.47. The maximum Gasteiger partial charge on any atom is 0.0438 e. The van der Waals surface area contributed by atoms with Crippen molar-refractivity contribution < 1.29 is 37.1 Å². The molecule has 2 atom stereocenters. The van der Waals surface area contributed by atoms with Gasteiger partial charge in [-0.2, -0.15) is 24.6 Å². The molecule has 2 aromatic carbocycles. The van der Waals surface area contributed by atoms with Gasteiger partial charge in [0.15, 0.2) is 0 Å². The zero-order valence-electron chi connectivity index (χ0n) is 15.9. The van der Waals surface area contributed by atoms with E-state index in [0.717, 1.165) is 24.9 Å². The fourth-order valence-electron chi connectivity index (χ4n) is 4.82. The van der Waals surface area contributed by atoms with Crippen molar-refractivity contribution in [1.29, 1.82) is 0 Å². The van der Waals surface area contributed by atoms with E-state index in [9.17, 15) is 4.39 Å². The first-order chi connectivity index (χ1) is 12.8. The van der Waals surface area contributed by atoms with E-state index in [1.54, 1.807) is 16.8 Å². The molecule has 0 amide bonds. The molecule has 0 saturated carbocycles. The number of fused-ring (bicyclic) bond motifs is 3. The van der Waals surface area contributed by atoms with Crippen LogP contribution < -0.4 is 4.90 Å². The van der Waals surface area contributed by atoms with E-state index >= 15 is 0 Å². The van der Waals surface area contributed by atoms with Crippen LogP contribution in [0.5, 0.6) is 0 Å². The number of anilines is 1. The van der Waals surface area contributed by atoms with Gasteiger partial charge in [0, 0.05) is 75.8 Å². The number of piperidine rings is 1. The van der Waals surface area contributed by atoms with Gasteiger partial charge in [-0.05, 0) is 36.9 Å². The normalized spacial score (nSPS) is 22.8. The van der Waals surface area contributed by atoms with Crippen LogP contribution in [-0.4, -0.2) is 37.1 Å². The van der Waals surface area contributed by atoms with Crippen LogP contribution in [0.15, 0.2) is 42.5 Å². The van der Waals surface area contributed by atoms with E-state index < -0.39 is 0 Å². The zero-order chi connectivity index (χ0) is 17.9. The van der Waals surface area contributed by atoms with Gasteiger partial charge in [0.25, 0.3) is 0 Å². The van der Waals surface area contributed by atoms with Gasteiger partial charge in [0.05, 0.1) is 0 Å². The van der Waals surface area contributed by atoms with Crippen LogP contribution in [0.2, 0.25) is 0 Å². The van der Waals surface area contributed by atoms with Gasteiger partial charge in [-0.3, -0.25) is 0 Å². The Labute approximate surface area is 188 Å². The molecule has 3 aliphatic heterocycles. The summed E-state index contributed by atoms with van der Waals surface area (Å²) in [6, 6.07) is 16.3. The quantitative estimate of drug-likeness (QED) is 0.638. The predicted octanol–water partition coefficient (Wildman–Crippen LogP) is 4.46. The first-order valence-corrected chi connectivity index (χ1v) is 9.79. The summed E-state index contributed by atoms with van der Waals surface area (Å²) in [6.45, 7) is 8.96. The van der Waals surface area contributed by atoms with Gasteiger partial charge < -0.3 is 16.7 Å². The molecule has 27 heavy (non-hydrogen) atoms. The third-order valence-electron chi connectivity index (χ3n) is 5.90. The molecule has 2 aromatic rings. The number of para-hydroxylation sites is 1. The molecule has 1 saturated heterocycles. The van der Waals surface area contributed by atoms with Gasteiger partial charge in [-0.1, -0.05) is 18.2 Å². The topological polar surface area (TPSA) is 6.48 Å². The summed E-state index contributed by atoms with van der Waals surface area (Å²) in [5, 5.41) is 0. The van der Waals surface area contributed by atoms with Crippen LogP contribution in [-0.2, 0) is 39.1 Å². The summed E-state index contributed by atoms with van der Waals surface area (Å²) < 4.78 is 11.9. The number of nitrogens with zero attached hydrogens (tertiary/aromatic N) is 2. The van der Waals surface area contributed by atoms with Gasteiger partial charge in [-0.15, -0.1) is 12.1 Å². The minimum atomic E-state index is -0.209. The molecule has 0 bridgehead atoms. The Hall–Kier alpha value is -0.766. The summed E-state index contributed by atoms with van der Waals surface area (Å²) >= 11 is 0. The van der Waals surface area contributed by atoms with Crippen LogP contribution in [0.3, 0.4) is 0 Å². The first-order valence-electron chi connectivity index (χ1n) is 9.79. The fourth-order valence-corrected chi connectivity index (χ4v) is 4.82. The average Bonchev–Trinajstić information content (AvgIpc) is 2.99. The largest absolute Gasteiger partial charge is 0.367 e.